The van der Waals surface area contributed by atoms with Crippen LogP contribution in [0.5, 0.6) is 0 Å². The molecule has 158 valence electrons. The topological polar surface area (TPSA) is 106 Å². The van der Waals surface area contributed by atoms with Gasteiger partial charge in [-0.3, -0.25) is 14.6 Å². The molecule has 2 aliphatic rings. The lowest BCUT2D eigenvalue weighted by Crippen LogP contribution is -2.43. The number of esters is 1. The van der Waals surface area contributed by atoms with Gasteiger partial charge in [0.2, 0.25) is 5.91 Å². The van der Waals surface area contributed by atoms with Crippen molar-refractivity contribution in [3.63, 3.8) is 0 Å². The van der Waals surface area contributed by atoms with E-state index in [0.29, 0.717) is 38.0 Å². The van der Waals surface area contributed by atoms with Gasteiger partial charge in [-0.25, -0.2) is 4.79 Å². The fraction of sp³-hybridized carbons (Fsp3) is 0.455. The number of amides is 2. The minimum absolute atomic E-state index is 0.191. The number of piperidine rings is 1. The number of para-hydroxylation sites is 1. The summed E-state index contributed by atoms with van der Waals surface area (Å²) in [6, 6.07) is 7.52. The third-order valence-electron chi connectivity index (χ3n) is 6.02. The van der Waals surface area contributed by atoms with E-state index in [1.54, 1.807) is 4.90 Å². The lowest BCUT2D eigenvalue weighted by molar-refractivity contribution is -0.137. The molecule has 8 nitrogen and oxygen atoms in total. The maximum absolute atomic E-state index is 13.1. The molecule has 1 aromatic carbocycles. The Labute approximate surface area is 175 Å². The number of aromatic nitrogens is 1. The Kier molecular flexibility index (Phi) is 5.67. The Balaban J connectivity index is 1.50. The second kappa shape index (κ2) is 8.39. The summed E-state index contributed by atoms with van der Waals surface area (Å²) in [4.78, 5) is 45.4. The lowest BCUT2D eigenvalue weighted by Gasteiger charge is -2.30. The van der Waals surface area contributed by atoms with E-state index in [4.69, 9.17) is 15.5 Å². The number of pyridine rings is 1. The number of carbonyl (C=O) groups excluding carboxylic acids is 3. The molecule has 2 aliphatic heterocycles. The van der Waals surface area contributed by atoms with Crippen molar-refractivity contribution in [1.29, 1.82) is 0 Å². The van der Waals surface area contributed by atoms with Gasteiger partial charge in [0.05, 0.1) is 11.1 Å². The predicted molar refractivity (Wildman–Crippen MR) is 111 cm³/mol. The molecule has 30 heavy (non-hydrogen) atoms. The van der Waals surface area contributed by atoms with Crippen LogP contribution in [0, 0.1) is 5.92 Å². The highest BCUT2D eigenvalue weighted by Gasteiger charge is 2.28. The summed E-state index contributed by atoms with van der Waals surface area (Å²) in [7, 11) is 2.01. The lowest BCUT2D eigenvalue weighted by atomic mass is 9.96. The van der Waals surface area contributed by atoms with Gasteiger partial charge in [-0.1, -0.05) is 18.2 Å². The van der Waals surface area contributed by atoms with E-state index in [0.717, 1.165) is 35.1 Å². The Morgan fingerprint density at radius 2 is 1.90 bits per heavy atom. The van der Waals surface area contributed by atoms with Crippen molar-refractivity contribution in [3.8, 4) is 0 Å². The fourth-order valence-electron chi connectivity index (χ4n) is 4.26. The summed E-state index contributed by atoms with van der Waals surface area (Å²) >= 11 is 0. The first kappa shape index (κ1) is 20.3. The quantitative estimate of drug-likeness (QED) is 0.757. The number of carbonyl (C=O) groups is 3. The number of benzene rings is 1. The third-order valence-corrected chi connectivity index (χ3v) is 6.02. The van der Waals surface area contributed by atoms with Gasteiger partial charge in [-0.05, 0) is 26.0 Å². The summed E-state index contributed by atoms with van der Waals surface area (Å²) in [5, 5.41) is 0.742. The zero-order chi connectivity index (χ0) is 21.3. The van der Waals surface area contributed by atoms with Crippen LogP contribution in [0.3, 0.4) is 0 Å². The van der Waals surface area contributed by atoms with Gasteiger partial charge in [0.15, 0.2) is 6.61 Å². The van der Waals surface area contributed by atoms with Crippen molar-refractivity contribution in [3.05, 3.63) is 41.1 Å². The number of primary amides is 1. The van der Waals surface area contributed by atoms with Crippen LogP contribution < -0.4 is 5.73 Å². The molecular weight excluding hydrogens is 384 g/mol. The standard InChI is InChI=1S/C22H26N4O4/c1-25-9-8-18-16(12-25)20(15-4-2-3-5-17(15)24-18)22(29)30-13-19(27)26-10-6-14(7-11-26)21(23)28/h2-5,14H,6-13H2,1H3,(H2,23,28). The molecule has 0 aliphatic carbocycles. The van der Waals surface area contributed by atoms with Gasteiger partial charge in [0.25, 0.3) is 5.91 Å². The van der Waals surface area contributed by atoms with Gasteiger partial charge in [0.1, 0.15) is 0 Å². The second-order valence-electron chi connectivity index (χ2n) is 8.05. The van der Waals surface area contributed by atoms with E-state index in [-0.39, 0.29) is 24.3 Å². The number of likely N-dealkylation sites (tertiary alicyclic amines) is 1. The molecule has 4 rings (SSSR count). The van der Waals surface area contributed by atoms with Crippen molar-refractivity contribution in [2.75, 3.05) is 33.3 Å². The Morgan fingerprint density at radius 3 is 2.63 bits per heavy atom. The average Bonchev–Trinajstić information content (AvgIpc) is 2.75. The molecule has 8 heteroatoms. The van der Waals surface area contributed by atoms with Gasteiger partial charge in [-0.15, -0.1) is 0 Å². The van der Waals surface area contributed by atoms with Crippen molar-refractivity contribution in [2.24, 2.45) is 11.7 Å². The van der Waals surface area contributed by atoms with Crippen LogP contribution in [0.1, 0.15) is 34.5 Å². The Hall–Kier alpha value is -3.00. The van der Waals surface area contributed by atoms with Gasteiger partial charge in [0, 0.05) is 55.2 Å². The van der Waals surface area contributed by atoms with Crippen LogP contribution in [0.4, 0.5) is 0 Å². The highest BCUT2D eigenvalue weighted by molar-refractivity contribution is 6.05. The molecule has 2 aromatic rings. The van der Waals surface area contributed by atoms with E-state index in [1.807, 2.05) is 31.3 Å². The van der Waals surface area contributed by atoms with E-state index < -0.39 is 5.97 Å². The number of nitrogens with two attached hydrogens (primary N) is 1. The first-order valence-corrected chi connectivity index (χ1v) is 10.3. The van der Waals surface area contributed by atoms with Crippen molar-refractivity contribution in [2.45, 2.75) is 25.8 Å². The minimum Gasteiger partial charge on any atom is -0.452 e. The van der Waals surface area contributed by atoms with Crippen LogP contribution in [-0.2, 0) is 27.3 Å². The van der Waals surface area contributed by atoms with E-state index >= 15 is 0 Å². The number of ether oxygens (including phenoxy) is 1. The minimum atomic E-state index is -0.500. The monoisotopic (exact) mass is 410 g/mol. The summed E-state index contributed by atoms with van der Waals surface area (Å²) in [5.41, 5.74) is 8.39. The van der Waals surface area contributed by atoms with E-state index in [9.17, 15) is 14.4 Å². The number of nitrogens with zero attached hydrogens (tertiary/aromatic N) is 3. The highest BCUT2D eigenvalue weighted by atomic mass is 16.5. The molecule has 0 bridgehead atoms. The zero-order valence-corrected chi connectivity index (χ0v) is 17.1. The number of hydrogen-bond acceptors (Lipinski definition) is 6. The number of fused-ring (bicyclic) bond motifs is 2. The summed E-state index contributed by atoms with van der Waals surface area (Å²) in [6.45, 7) is 2.07. The van der Waals surface area contributed by atoms with E-state index in [2.05, 4.69) is 4.90 Å². The van der Waals surface area contributed by atoms with Crippen LogP contribution in [-0.4, -0.2) is 65.9 Å². The second-order valence-corrected chi connectivity index (χ2v) is 8.05. The first-order chi connectivity index (χ1) is 14.4. The molecule has 0 unspecified atom stereocenters. The molecule has 2 N–H and O–H groups in total. The molecule has 0 atom stereocenters. The van der Waals surface area contributed by atoms with Crippen LogP contribution >= 0.6 is 0 Å². The van der Waals surface area contributed by atoms with Gasteiger partial charge in [-0.2, -0.15) is 0 Å². The molecular formula is C22H26N4O4. The van der Waals surface area contributed by atoms with Crippen molar-refractivity contribution >= 4 is 28.7 Å². The largest absolute Gasteiger partial charge is 0.452 e. The highest BCUT2D eigenvalue weighted by Crippen LogP contribution is 2.28. The summed E-state index contributed by atoms with van der Waals surface area (Å²) < 4.78 is 5.46. The van der Waals surface area contributed by atoms with Crippen LogP contribution in [0.25, 0.3) is 10.9 Å². The molecule has 0 saturated carbocycles. The van der Waals surface area contributed by atoms with Crippen molar-refractivity contribution in [1.82, 2.24) is 14.8 Å². The predicted octanol–water partition coefficient (Wildman–Crippen LogP) is 1.10. The normalized spacial score (nSPS) is 17.6. The first-order valence-electron chi connectivity index (χ1n) is 10.3. The number of rotatable bonds is 4. The maximum Gasteiger partial charge on any atom is 0.339 e. The average molecular weight is 410 g/mol. The van der Waals surface area contributed by atoms with Crippen LogP contribution in [0.15, 0.2) is 24.3 Å². The number of likely N-dealkylation sites (N-methyl/N-ethyl adjacent to an activating group) is 1. The van der Waals surface area contributed by atoms with Gasteiger partial charge < -0.3 is 20.3 Å². The molecule has 1 aromatic heterocycles. The Bertz CT molecular complexity index is 998. The molecule has 0 spiro atoms. The molecule has 0 radical (unpaired) electrons. The fourth-order valence-corrected chi connectivity index (χ4v) is 4.26. The maximum atomic E-state index is 13.1. The molecule has 2 amide bonds. The Morgan fingerprint density at radius 1 is 1.17 bits per heavy atom. The molecule has 1 saturated heterocycles. The van der Waals surface area contributed by atoms with Crippen LogP contribution in [0.2, 0.25) is 0 Å². The van der Waals surface area contributed by atoms with Gasteiger partial charge >= 0.3 is 5.97 Å². The SMILES string of the molecule is CN1CCc2nc3ccccc3c(C(=O)OCC(=O)N3CCC(C(N)=O)CC3)c2C1. The van der Waals surface area contributed by atoms with E-state index in [1.165, 1.54) is 0 Å². The molecule has 3 heterocycles. The zero-order valence-electron chi connectivity index (χ0n) is 17.1. The summed E-state index contributed by atoms with van der Waals surface area (Å²) in [6.07, 6.45) is 1.86. The third kappa shape index (κ3) is 4.00. The van der Waals surface area contributed by atoms with Crippen molar-refractivity contribution < 1.29 is 19.1 Å². The number of hydrogen-bond donors (Lipinski definition) is 1. The summed E-state index contributed by atoms with van der Waals surface area (Å²) in [5.74, 6) is -1.27. The smallest absolute Gasteiger partial charge is 0.339 e. The molecule has 1 fully saturated rings.